The van der Waals surface area contributed by atoms with Gasteiger partial charge in [0.2, 0.25) is 88.6 Å². The molecule has 0 aliphatic carbocycles. The van der Waals surface area contributed by atoms with Gasteiger partial charge in [0, 0.05) is 89.2 Å². The van der Waals surface area contributed by atoms with Crippen LogP contribution in [0.3, 0.4) is 0 Å². The minimum absolute atomic E-state index is 0.0307. The molecule has 36 heteroatoms. The second-order valence-corrected chi connectivity index (χ2v) is 34.3. The molecule has 6 aromatic rings. The molecule has 15 amide bonds. The molecular formula is C91H119N17O18S. The Bertz CT molecular complexity index is 4870. The number of aromatic nitrogens is 1. The van der Waals surface area contributed by atoms with Crippen molar-refractivity contribution in [2.45, 2.75) is 203 Å². The number of benzene rings is 5. The molecule has 0 unspecified atom stereocenters. The molecule has 3 aliphatic heterocycles. The summed E-state index contributed by atoms with van der Waals surface area (Å²) in [5.74, 6) is -16.4. The molecule has 0 spiro atoms. The summed E-state index contributed by atoms with van der Waals surface area (Å²) in [7, 11) is 4.13. The van der Waals surface area contributed by atoms with Crippen LogP contribution in [-0.4, -0.2) is 272 Å². The minimum Gasteiger partial charge on any atom is -0.508 e. The number of amides is 15. The Hall–Kier alpha value is -12.7. The fourth-order valence-electron chi connectivity index (χ4n) is 16.1. The van der Waals surface area contributed by atoms with E-state index in [1.165, 1.54) is 60.1 Å². The molecule has 0 radical (unpaired) electrons. The number of aromatic amines is 1. The first kappa shape index (κ1) is 98.1. The summed E-state index contributed by atoms with van der Waals surface area (Å²) in [5, 5.41) is 45.9. The van der Waals surface area contributed by atoms with Crippen LogP contribution in [0.5, 0.6) is 5.75 Å². The van der Waals surface area contributed by atoms with Gasteiger partial charge in [-0.05, 0) is 109 Å². The lowest BCUT2D eigenvalue weighted by Crippen LogP contribution is -2.62. The fraction of sp³-hybridized carbons (Fsp3) is 0.473. The number of nitrogens with zero attached hydrogens (tertiary/aromatic N) is 5. The van der Waals surface area contributed by atoms with Gasteiger partial charge in [-0.3, -0.25) is 76.7 Å². The van der Waals surface area contributed by atoms with E-state index in [2.05, 4.69) is 52.8 Å². The third kappa shape index (κ3) is 27.4. The van der Waals surface area contributed by atoms with Crippen LogP contribution < -0.4 is 59.3 Å². The maximum Gasteiger partial charge on any atom is 0.305 e. The minimum atomic E-state index is -1.90. The Kier molecular flexibility index (Phi) is 36.3. The van der Waals surface area contributed by atoms with E-state index in [0.717, 1.165) is 21.6 Å². The fourth-order valence-corrected chi connectivity index (χ4v) is 17.0. The Balaban J connectivity index is 1.11. The highest BCUT2D eigenvalue weighted by molar-refractivity contribution is 8.00. The van der Waals surface area contributed by atoms with Crippen molar-refractivity contribution < 1.29 is 86.9 Å². The first-order valence-electron chi connectivity index (χ1n) is 43.0. The molecule has 4 heterocycles. The average molecular weight is 1770 g/mol. The first-order chi connectivity index (χ1) is 60.6. The molecule has 9 rings (SSSR count). The summed E-state index contributed by atoms with van der Waals surface area (Å²) in [6.45, 7) is 7.63. The van der Waals surface area contributed by atoms with Crippen molar-refractivity contribution in [2.24, 2.45) is 23.3 Å². The number of nitrogens with two attached hydrogens (primary N) is 2. The lowest BCUT2D eigenvalue weighted by atomic mass is 9.98. The molecule has 13 atom stereocenters. The zero-order chi connectivity index (χ0) is 92.3. The van der Waals surface area contributed by atoms with Crippen molar-refractivity contribution >= 4 is 117 Å². The Morgan fingerprint density at radius 1 is 0.496 bits per heavy atom. The van der Waals surface area contributed by atoms with Crippen LogP contribution in [0.4, 0.5) is 0 Å². The number of hydrogen-bond acceptors (Lipinski definition) is 19. The van der Waals surface area contributed by atoms with Crippen molar-refractivity contribution in [1.29, 1.82) is 0 Å². The number of nitrogens with one attached hydrogen (secondary N) is 10. The summed E-state index contributed by atoms with van der Waals surface area (Å²) < 4.78 is 0. The molecule has 35 nitrogen and oxygen atoms in total. The van der Waals surface area contributed by atoms with Crippen molar-refractivity contribution in [3.63, 3.8) is 0 Å². The zero-order valence-electron chi connectivity index (χ0n) is 72.9. The molecule has 3 saturated heterocycles. The molecule has 1 aromatic heterocycles. The van der Waals surface area contributed by atoms with E-state index in [4.69, 9.17) is 11.5 Å². The normalized spacial score (nSPS) is 24.1. The number of aromatic hydroxyl groups is 1. The maximum atomic E-state index is 15.6. The summed E-state index contributed by atoms with van der Waals surface area (Å²) >= 11 is 0.844. The van der Waals surface area contributed by atoms with Gasteiger partial charge < -0.3 is 99.0 Å². The van der Waals surface area contributed by atoms with Gasteiger partial charge in [0.1, 0.15) is 84.3 Å². The molecular weight excluding hydrogens is 1650 g/mol. The van der Waals surface area contributed by atoms with Crippen LogP contribution in [0, 0.1) is 11.8 Å². The monoisotopic (exact) mass is 1770 g/mol. The summed E-state index contributed by atoms with van der Waals surface area (Å²) in [6, 6.07) is 19.6. The smallest absolute Gasteiger partial charge is 0.305 e. The number of carboxylic acid groups (broad SMARTS) is 1. The number of fused-ring (bicyclic) bond motifs is 3. The standard InChI is InChI=1S/C91H119N17O18S/c1-9-23-72-90(125)108-41-22-33-71(108)84(119)97-63(38-39-92)80(115)103-78(54(4)5)91(126)105(7)73(45-56-26-15-11-16-27-56)86(121)101-68(48-77(112)113)88(123)107-40-21-32-70(107)85(120)100-66(47-59-49-94-62-31-20-19-30-61(59)62)83(118)99-65(43-58-34-36-60(109)37-35-58)82(117)98-64(42-53(2)3)81(116)102-69(79(114)95-50-75(93)110)51-127-52-76(111)96-67(44-55-24-13-10-14-25-55)87(122)106(8)74(89(124)104(72)6)46-57-28-17-12-18-29-57/h10-20,24-31,34-37,49,53-54,63-74,78,94,109H,9,21-23,32-33,38-48,50-52,92H2,1-8H3,(H2,93,110)(H,95,114)(H,96,111)(H,97,119)(H,98,117)(H,99,118)(H,100,120)(H,101,121)(H,102,116)(H,103,115)(H,112,113)/t63-,64-,65-,66-,67-,68-,69-,70+,71+,72-,73-,74-,78-/m0/s1. The van der Waals surface area contributed by atoms with E-state index >= 15 is 43.2 Å². The highest BCUT2D eigenvalue weighted by Gasteiger charge is 2.46. The molecule has 16 N–H and O–H groups in total. The molecule has 3 fully saturated rings. The zero-order valence-corrected chi connectivity index (χ0v) is 73.7. The first-order valence-corrected chi connectivity index (χ1v) is 44.1. The molecule has 0 bridgehead atoms. The van der Waals surface area contributed by atoms with Crippen LogP contribution in [0.15, 0.2) is 146 Å². The van der Waals surface area contributed by atoms with E-state index in [-0.39, 0.29) is 108 Å². The van der Waals surface area contributed by atoms with Gasteiger partial charge in [0.05, 0.1) is 18.7 Å². The number of phenolic OH excluding ortho intramolecular Hbond substituents is 1. The van der Waals surface area contributed by atoms with Gasteiger partial charge in [-0.1, -0.05) is 162 Å². The van der Waals surface area contributed by atoms with Crippen molar-refractivity contribution in [1.82, 2.24) is 77.3 Å². The number of thioether (sulfide) groups is 1. The molecule has 0 saturated carbocycles. The third-order valence-corrected chi connectivity index (χ3v) is 24.0. The number of primary amides is 1. The van der Waals surface area contributed by atoms with E-state index < -0.39 is 198 Å². The van der Waals surface area contributed by atoms with Gasteiger partial charge in [-0.25, -0.2) is 0 Å². The van der Waals surface area contributed by atoms with Crippen LogP contribution in [-0.2, 0) is 109 Å². The van der Waals surface area contributed by atoms with E-state index in [0.29, 0.717) is 51.6 Å². The Morgan fingerprint density at radius 3 is 1.55 bits per heavy atom. The van der Waals surface area contributed by atoms with Crippen LogP contribution >= 0.6 is 11.8 Å². The van der Waals surface area contributed by atoms with Gasteiger partial charge in [0.15, 0.2) is 0 Å². The number of carbonyl (C=O) groups excluding carboxylic acids is 15. The number of rotatable bonds is 22. The number of aliphatic carboxylic acids is 1. The highest BCUT2D eigenvalue weighted by atomic mass is 32.2. The van der Waals surface area contributed by atoms with Crippen molar-refractivity contribution in [3.05, 3.63) is 174 Å². The number of likely N-dealkylation sites (N-methyl/N-ethyl adjacent to an activating group) is 3. The van der Waals surface area contributed by atoms with Crippen LogP contribution in [0.2, 0.25) is 0 Å². The lowest BCUT2D eigenvalue weighted by Gasteiger charge is -2.38. The Labute approximate surface area is 742 Å². The summed E-state index contributed by atoms with van der Waals surface area (Å²) in [4.78, 5) is 246. The number of hydrogen-bond donors (Lipinski definition) is 14. The number of carbonyl (C=O) groups is 16. The highest BCUT2D eigenvalue weighted by Crippen LogP contribution is 2.28. The molecule has 3 aliphatic rings. The second kappa shape index (κ2) is 47.0. The van der Waals surface area contributed by atoms with Gasteiger partial charge in [-0.2, -0.15) is 0 Å². The maximum absolute atomic E-state index is 15.6. The van der Waals surface area contributed by atoms with E-state index in [9.17, 15) is 43.8 Å². The van der Waals surface area contributed by atoms with Crippen LogP contribution in [0.25, 0.3) is 10.9 Å². The molecule has 5 aromatic carbocycles. The van der Waals surface area contributed by atoms with Gasteiger partial charge in [0.25, 0.3) is 0 Å². The van der Waals surface area contributed by atoms with E-state index in [1.54, 1.807) is 156 Å². The lowest BCUT2D eigenvalue weighted by molar-refractivity contribution is -0.152. The van der Waals surface area contributed by atoms with E-state index in [1.807, 2.05) is 0 Å². The van der Waals surface area contributed by atoms with Gasteiger partial charge in [-0.15, -0.1) is 11.8 Å². The quantitative estimate of drug-likeness (QED) is 0.0457. The third-order valence-electron chi connectivity index (χ3n) is 23.0. The number of carboxylic acids is 1. The van der Waals surface area contributed by atoms with Crippen molar-refractivity contribution in [3.8, 4) is 5.75 Å². The number of para-hydroxylation sites is 1. The summed E-state index contributed by atoms with van der Waals surface area (Å²) in [5.41, 5.74) is 14.9. The average Bonchev–Trinajstić information content (AvgIpc) is 1.78. The topological polar surface area (TPSA) is 506 Å². The summed E-state index contributed by atoms with van der Waals surface area (Å²) in [6.07, 6.45) is 0.402. The predicted octanol–water partition coefficient (Wildman–Crippen LogP) is 1.40. The molecule has 127 heavy (non-hydrogen) atoms. The Morgan fingerprint density at radius 2 is 0.984 bits per heavy atom. The number of H-pyrrole nitrogens is 1. The molecule has 682 valence electrons. The SMILES string of the molecule is CCC[C@H]1C(=O)N2CCC[C@@H]2C(=O)N[C@@H](CCN)C(=O)N[C@@H](C(C)C)C(=O)N(C)[C@@H](Cc2ccccc2)C(=O)N[C@@H](CC(=O)O)C(=O)N2CCC[C@@H]2C(=O)N[C@@H](Cc2c[nH]c3ccccc23)C(=O)N[C@@H](Cc2ccc(O)cc2)C(=O)N[C@@H](CC(C)C)C(=O)N[C@H](C(=O)NCC(N)=O)CSCC(=O)N[C@@H](Cc2ccccc2)C(=O)N(C)[C@@H](Cc2ccccc2)C(=O)N1C. The largest absolute Gasteiger partial charge is 0.508 e. The predicted molar refractivity (Wildman–Crippen MR) is 473 cm³/mol. The van der Waals surface area contributed by atoms with Crippen LogP contribution in [0.1, 0.15) is 120 Å². The second-order valence-electron chi connectivity index (χ2n) is 33.3. The van der Waals surface area contributed by atoms with Crippen molar-refractivity contribution in [2.75, 3.05) is 58.8 Å². The number of phenols is 1. The van der Waals surface area contributed by atoms with Gasteiger partial charge >= 0.3 is 5.97 Å².